The minimum atomic E-state index is -1.30. The summed E-state index contributed by atoms with van der Waals surface area (Å²) in [4.78, 5) is 11.5. The van der Waals surface area contributed by atoms with Crippen LogP contribution in [-0.2, 0) is 4.74 Å². The Hall–Kier alpha value is -2.41. The van der Waals surface area contributed by atoms with Crippen LogP contribution in [0.4, 0.5) is 0 Å². The van der Waals surface area contributed by atoms with Crippen molar-refractivity contribution in [2.45, 2.75) is 58.0 Å². The van der Waals surface area contributed by atoms with Crippen molar-refractivity contribution in [3.8, 4) is 5.75 Å². The van der Waals surface area contributed by atoms with Crippen LogP contribution in [0.25, 0.3) is 6.08 Å². The SMILES string of the molecule is COc1cc(=O)oc(\C=C/C=C/C=C/C(C)=C/[C@]2(C)O[C@H](C)[C@](C)(O)[C@H]2O)c1C. The molecular weight excluding hydrogens is 372 g/mol. The topological polar surface area (TPSA) is 89.1 Å². The second-order valence-electron chi connectivity index (χ2n) is 7.69. The maximum absolute atomic E-state index is 11.5. The average Bonchev–Trinajstić information content (AvgIpc) is 2.79. The molecule has 0 unspecified atom stereocenters. The Labute approximate surface area is 171 Å². The van der Waals surface area contributed by atoms with Crippen molar-refractivity contribution in [3.63, 3.8) is 0 Å². The fourth-order valence-electron chi connectivity index (χ4n) is 3.38. The number of hydrogen-bond acceptors (Lipinski definition) is 6. The summed E-state index contributed by atoms with van der Waals surface area (Å²) in [6.45, 7) is 8.79. The van der Waals surface area contributed by atoms with Gasteiger partial charge in [-0.1, -0.05) is 36.0 Å². The van der Waals surface area contributed by atoms with Gasteiger partial charge in [-0.2, -0.15) is 0 Å². The van der Waals surface area contributed by atoms with Gasteiger partial charge in [-0.15, -0.1) is 0 Å². The Bertz CT molecular complexity index is 902. The van der Waals surface area contributed by atoms with Crippen molar-refractivity contribution >= 4 is 6.08 Å². The molecule has 0 saturated carbocycles. The Morgan fingerprint density at radius 1 is 1.24 bits per heavy atom. The highest BCUT2D eigenvalue weighted by atomic mass is 16.6. The lowest BCUT2D eigenvalue weighted by Gasteiger charge is -2.28. The highest BCUT2D eigenvalue weighted by Crippen LogP contribution is 2.39. The Kier molecular flexibility index (Phi) is 7.06. The molecule has 0 aromatic carbocycles. The summed E-state index contributed by atoms with van der Waals surface area (Å²) < 4.78 is 16.1. The van der Waals surface area contributed by atoms with Crippen LogP contribution in [0.5, 0.6) is 5.75 Å². The maximum Gasteiger partial charge on any atom is 0.339 e. The molecule has 158 valence electrons. The molecule has 1 aliphatic heterocycles. The second-order valence-corrected chi connectivity index (χ2v) is 7.69. The van der Waals surface area contributed by atoms with E-state index in [0.717, 1.165) is 11.1 Å². The van der Waals surface area contributed by atoms with E-state index in [4.69, 9.17) is 13.9 Å². The predicted molar refractivity (Wildman–Crippen MR) is 113 cm³/mol. The maximum atomic E-state index is 11.5. The zero-order chi connectivity index (χ0) is 21.8. The molecule has 1 fully saturated rings. The van der Waals surface area contributed by atoms with Gasteiger partial charge in [0, 0.05) is 5.56 Å². The molecule has 0 aliphatic carbocycles. The minimum Gasteiger partial charge on any atom is -0.496 e. The van der Waals surface area contributed by atoms with Gasteiger partial charge < -0.3 is 24.1 Å². The van der Waals surface area contributed by atoms with Gasteiger partial charge in [0.2, 0.25) is 0 Å². The van der Waals surface area contributed by atoms with Crippen molar-refractivity contribution in [2.24, 2.45) is 0 Å². The number of rotatable bonds is 6. The Balaban J connectivity index is 2.04. The van der Waals surface area contributed by atoms with Crippen molar-refractivity contribution in [1.29, 1.82) is 0 Å². The van der Waals surface area contributed by atoms with Gasteiger partial charge >= 0.3 is 5.63 Å². The highest BCUT2D eigenvalue weighted by Gasteiger charge is 2.55. The average molecular weight is 402 g/mol. The Morgan fingerprint density at radius 3 is 2.48 bits per heavy atom. The molecule has 2 heterocycles. The van der Waals surface area contributed by atoms with E-state index in [2.05, 4.69) is 0 Å². The van der Waals surface area contributed by atoms with Gasteiger partial charge in [0.25, 0.3) is 0 Å². The molecule has 1 aromatic rings. The monoisotopic (exact) mass is 402 g/mol. The molecule has 0 spiro atoms. The summed E-state index contributed by atoms with van der Waals surface area (Å²) >= 11 is 0. The second kappa shape index (κ2) is 8.95. The number of hydrogen-bond donors (Lipinski definition) is 2. The number of aliphatic hydroxyl groups is 2. The summed E-state index contributed by atoms with van der Waals surface area (Å²) in [7, 11) is 1.51. The lowest BCUT2D eigenvalue weighted by molar-refractivity contribution is -0.0579. The molecule has 1 aromatic heterocycles. The summed E-state index contributed by atoms with van der Waals surface area (Å²) in [6.07, 6.45) is 11.1. The number of methoxy groups -OCH3 is 1. The van der Waals surface area contributed by atoms with E-state index in [9.17, 15) is 15.0 Å². The van der Waals surface area contributed by atoms with E-state index in [0.29, 0.717) is 11.5 Å². The lowest BCUT2D eigenvalue weighted by Crippen LogP contribution is -2.47. The molecule has 1 saturated heterocycles. The van der Waals surface area contributed by atoms with Crippen LogP contribution < -0.4 is 10.4 Å². The van der Waals surface area contributed by atoms with Gasteiger partial charge in [0.05, 0.1) is 19.3 Å². The summed E-state index contributed by atoms with van der Waals surface area (Å²) in [5, 5.41) is 20.8. The van der Waals surface area contributed by atoms with Crippen LogP contribution in [-0.4, -0.2) is 40.7 Å². The molecule has 4 atom stereocenters. The third-order valence-electron chi connectivity index (χ3n) is 5.22. The normalized spacial score (nSPS) is 30.8. The van der Waals surface area contributed by atoms with Crippen LogP contribution in [0, 0.1) is 6.92 Å². The van der Waals surface area contributed by atoms with Gasteiger partial charge in [0.15, 0.2) is 0 Å². The molecule has 0 radical (unpaired) electrons. The van der Waals surface area contributed by atoms with Gasteiger partial charge in [-0.05, 0) is 46.8 Å². The molecule has 6 nitrogen and oxygen atoms in total. The summed E-state index contributed by atoms with van der Waals surface area (Å²) in [6, 6.07) is 1.31. The largest absolute Gasteiger partial charge is 0.496 e. The highest BCUT2D eigenvalue weighted by molar-refractivity contribution is 5.52. The van der Waals surface area contributed by atoms with Crippen LogP contribution in [0.2, 0.25) is 0 Å². The molecule has 1 aliphatic rings. The third kappa shape index (κ3) is 5.15. The molecule has 0 bridgehead atoms. The minimum absolute atomic E-state index is 0.445. The molecule has 0 amide bonds. The zero-order valence-corrected chi connectivity index (χ0v) is 17.8. The van der Waals surface area contributed by atoms with E-state index < -0.39 is 29.0 Å². The van der Waals surface area contributed by atoms with E-state index >= 15 is 0 Å². The van der Waals surface area contributed by atoms with E-state index in [1.165, 1.54) is 13.2 Å². The quantitative estimate of drug-likeness (QED) is 0.710. The van der Waals surface area contributed by atoms with Crippen LogP contribution >= 0.6 is 0 Å². The predicted octanol–water partition coefficient (Wildman–Crippen LogP) is 3.32. The zero-order valence-electron chi connectivity index (χ0n) is 17.8. The number of ether oxygens (including phenoxy) is 2. The van der Waals surface area contributed by atoms with Crippen molar-refractivity contribution in [1.82, 2.24) is 0 Å². The van der Waals surface area contributed by atoms with Gasteiger partial charge in [-0.25, -0.2) is 4.79 Å². The fourth-order valence-corrected chi connectivity index (χ4v) is 3.38. The number of allylic oxidation sites excluding steroid dienone is 6. The molecular formula is C23H30O6. The first kappa shape index (κ1) is 22.9. The number of aliphatic hydroxyl groups excluding tert-OH is 1. The fraction of sp³-hybridized carbons (Fsp3) is 0.435. The van der Waals surface area contributed by atoms with Crippen LogP contribution in [0.3, 0.4) is 0 Å². The first-order chi connectivity index (χ1) is 13.5. The molecule has 2 rings (SSSR count). The van der Waals surface area contributed by atoms with Crippen molar-refractivity contribution < 1.29 is 24.1 Å². The van der Waals surface area contributed by atoms with Crippen LogP contribution in [0.1, 0.15) is 39.0 Å². The van der Waals surface area contributed by atoms with Gasteiger partial charge in [0.1, 0.15) is 28.8 Å². The molecule has 2 N–H and O–H groups in total. The Morgan fingerprint density at radius 2 is 1.90 bits per heavy atom. The molecule has 29 heavy (non-hydrogen) atoms. The third-order valence-corrected chi connectivity index (χ3v) is 5.22. The van der Waals surface area contributed by atoms with E-state index in [1.807, 2.05) is 38.2 Å². The summed E-state index contributed by atoms with van der Waals surface area (Å²) in [5.74, 6) is 0.934. The summed E-state index contributed by atoms with van der Waals surface area (Å²) in [5.41, 5.74) is -1.08. The first-order valence-corrected chi connectivity index (χ1v) is 9.49. The van der Waals surface area contributed by atoms with Crippen molar-refractivity contribution in [2.75, 3.05) is 7.11 Å². The smallest absolute Gasteiger partial charge is 0.339 e. The lowest BCUT2D eigenvalue weighted by atomic mass is 9.86. The van der Waals surface area contributed by atoms with Crippen LogP contribution in [0.15, 0.2) is 57.3 Å². The van der Waals surface area contributed by atoms with Gasteiger partial charge in [-0.3, -0.25) is 0 Å². The van der Waals surface area contributed by atoms with E-state index in [1.54, 1.807) is 39.0 Å². The standard InChI is InChI=1S/C23H30O6/c1-15(14-22(4)21(25)23(5,26)17(3)29-22)11-9-7-8-10-12-18-16(2)19(27-6)13-20(24)28-18/h7-14,17,21,25-26H,1-6H3/b8-7+,11-9+,12-10-,15-14+/t17-,21+,22+,23+/m1/s1. The first-order valence-electron chi connectivity index (χ1n) is 9.49. The van der Waals surface area contributed by atoms with Crippen molar-refractivity contribution in [3.05, 3.63) is 69.8 Å². The molecule has 6 heteroatoms. The van der Waals surface area contributed by atoms with E-state index in [-0.39, 0.29) is 0 Å².